The molecule has 1 aromatic rings. The van der Waals surface area contributed by atoms with Gasteiger partial charge in [0.25, 0.3) is 0 Å². The van der Waals surface area contributed by atoms with Gasteiger partial charge in [-0.25, -0.2) is 0 Å². The van der Waals surface area contributed by atoms with Gasteiger partial charge in [0.1, 0.15) is 0 Å². The van der Waals surface area contributed by atoms with Gasteiger partial charge < -0.3 is 5.32 Å². The first kappa shape index (κ1) is 11.8. The Kier molecular flexibility index (Phi) is 4.39. The number of benzene rings is 1. The number of terminal acetylenes is 1. The number of hydrogen-bond donors (Lipinski definition) is 1. The van der Waals surface area contributed by atoms with E-state index in [1.54, 1.807) is 0 Å². The molecule has 0 aliphatic heterocycles. The fourth-order valence-corrected chi connectivity index (χ4v) is 1.54. The van der Waals surface area contributed by atoms with Crippen LogP contribution in [0, 0.1) is 26.2 Å². The molecule has 1 heteroatoms. The largest absolute Gasteiger partial charge is 0.309 e. The van der Waals surface area contributed by atoms with Crippen LogP contribution in [0.3, 0.4) is 0 Å². The van der Waals surface area contributed by atoms with Crippen molar-refractivity contribution in [1.82, 2.24) is 5.32 Å². The average Bonchev–Trinajstić information content (AvgIpc) is 2.21. The van der Waals surface area contributed by atoms with E-state index in [4.69, 9.17) is 6.42 Å². The van der Waals surface area contributed by atoms with Crippen LogP contribution in [0.5, 0.6) is 0 Å². The quantitative estimate of drug-likeness (QED) is 0.739. The van der Waals surface area contributed by atoms with Gasteiger partial charge in [-0.1, -0.05) is 18.2 Å². The maximum Gasteiger partial charge on any atom is 0.0238 e. The Morgan fingerprint density at radius 3 is 2.80 bits per heavy atom. The summed E-state index contributed by atoms with van der Waals surface area (Å²) >= 11 is 0. The molecule has 1 atom stereocenters. The smallest absolute Gasteiger partial charge is 0.0238 e. The molecule has 0 fully saturated rings. The van der Waals surface area contributed by atoms with Gasteiger partial charge in [-0.15, -0.1) is 12.3 Å². The topological polar surface area (TPSA) is 12.0 Å². The van der Waals surface area contributed by atoms with Crippen LogP contribution in [0.1, 0.15) is 30.0 Å². The van der Waals surface area contributed by atoms with Crippen molar-refractivity contribution in [3.63, 3.8) is 0 Å². The molecular weight excluding hydrogens is 182 g/mol. The van der Waals surface area contributed by atoms with Gasteiger partial charge in [-0.05, 0) is 37.5 Å². The van der Waals surface area contributed by atoms with Crippen molar-refractivity contribution in [1.29, 1.82) is 0 Å². The first-order valence-electron chi connectivity index (χ1n) is 5.37. The highest BCUT2D eigenvalue weighted by atomic mass is 14.9. The highest BCUT2D eigenvalue weighted by molar-refractivity contribution is 5.32. The van der Waals surface area contributed by atoms with Crippen LogP contribution in [0.25, 0.3) is 0 Å². The van der Waals surface area contributed by atoms with E-state index in [9.17, 15) is 0 Å². The molecule has 1 aromatic carbocycles. The SMILES string of the molecule is C#CCC(C)NCc1cccc(C)c1C. The summed E-state index contributed by atoms with van der Waals surface area (Å²) in [6.45, 7) is 7.32. The molecule has 0 aliphatic carbocycles. The third-order valence-corrected chi connectivity index (χ3v) is 2.78. The van der Waals surface area contributed by atoms with Crippen LogP contribution < -0.4 is 5.32 Å². The Morgan fingerprint density at radius 1 is 1.40 bits per heavy atom. The fourth-order valence-electron chi connectivity index (χ4n) is 1.54. The summed E-state index contributed by atoms with van der Waals surface area (Å²) in [4.78, 5) is 0. The lowest BCUT2D eigenvalue weighted by molar-refractivity contribution is 0.558. The lowest BCUT2D eigenvalue weighted by Crippen LogP contribution is -2.25. The van der Waals surface area contributed by atoms with Crippen molar-refractivity contribution in [2.45, 2.75) is 39.8 Å². The molecule has 0 heterocycles. The van der Waals surface area contributed by atoms with E-state index in [1.165, 1.54) is 16.7 Å². The summed E-state index contributed by atoms with van der Waals surface area (Å²) < 4.78 is 0. The average molecular weight is 201 g/mol. The van der Waals surface area contributed by atoms with Gasteiger partial charge in [0.05, 0.1) is 0 Å². The summed E-state index contributed by atoms with van der Waals surface area (Å²) in [7, 11) is 0. The zero-order valence-electron chi connectivity index (χ0n) is 9.80. The predicted octanol–water partition coefficient (Wildman–Crippen LogP) is 2.80. The second kappa shape index (κ2) is 5.58. The number of rotatable bonds is 4. The van der Waals surface area contributed by atoms with Crippen LogP contribution in [-0.4, -0.2) is 6.04 Å². The standard InChI is InChI=1S/C14H19N/c1-5-7-12(3)15-10-14-9-6-8-11(2)13(14)4/h1,6,8-9,12,15H,7,10H2,2-4H3. The second-order valence-electron chi connectivity index (χ2n) is 4.05. The van der Waals surface area contributed by atoms with E-state index in [-0.39, 0.29) is 0 Å². The molecule has 0 bridgehead atoms. The van der Waals surface area contributed by atoms with E-state index in [2.05, 4.69) is 50.2 Å². The Balaban J connectivity index is 2.58. The molecule has 0 saturated carbocycles. The molecular formula is C14H19N. The zero-order valence-corrected chi connectivity index (χ0v) is 9.80. The summed E-state index contributed by atoms with van der Waals surface area (Å²) in [6, 6.07) is 6.79. The molecule has 0 spiro atoms. The second-order valence-corrected chi connectivity index (χ2v) is 4.05. The van der Waals surface area contributed by atoms with E-state index in [0.29, 0.717) is 6.04 Å². The number of aryl methyl sites for hydroxylation is 1. The van der Waals surface area contributed by atoms with E-state index in [1.807, 2.05) is 0 Å². The molecule has 0 saturated heterocycles. The molecule has 1 nitrogen and oxygen atoms in total. The minimum absolute atomic E-state index is 0.384. The Labute approximate surface area is 92.9 Å². The lowest BCUT2D eigenvalue weighted by atomic mass is 10.0. The maximum absolute atomic E-state index is 5.26. The van der Waals surface area contributed by atoms with E-state index in [0.717, 1.165) is 13.0 Å². The molecule has 1 rings (SSSR count). The van der Waals surface area contributed by atoms with Gasteiger partial charge in [0, 0.05) is 19.0 Å². The number of hydrogen-bond acceptors (Lipinski definition) is 1. The van der Waals surface area contributed by atoms with Crippen molar-refractivity contribution < 1.29 is 0 Å². The highest BCUT2D eigenvalue weighted by Crippen LogP contribution is 2.12. The van der Waals surface area contributed by atoms with Crippen molar-refractivity contribution in [3.8, 4) is 12.3 Å². The van der Waals surface area contributed by atoms with Crippen LogP contribution in [0.15, 0.2) is 18.2 Å². The first-order valence-corrected chi connectivity index (χ1v) is 5.37. The van der Waals surface area contributed by atoms with Gasteiger partial charge in [-0.2, -0.15) is 0 Å². The van der Waals surface area contributed by atoms with Crippen LogP contribution >= 0.6 is 0 Å². The molecule has 1 unspecified atom stereocenters. The minimum atomic E-state index is 0.384. The van der Waals surface area contributed by atoms with Gasteiger partial charge in [0.15, 0.2) is 0 Å². The molecule has 0 aliphatic rings. The third kappa shape index (κ3) is 3.42. The zero-order chi connectivity index (χ0) is 11.3. The van der Waals surface area contributed by atoms with Crippen molar-refractivity contribution in [2.75, 3.05) is 0 Å². The summed E-state index contributed by atoms with van der Waals surface area (Å²) in [6.07, 6.45) is 6.05. The van der Waals surface area contributed by atoms with Gasteiger partial charge in [-0.3, -0.25) is 0 Å². The molecule has 1 N–H and O–H groups in total. The maximum atomic E-state index is 5.26. The first-order chi connectivity index (χ1) is 7.15. The Hall–Kier alpha value is -1.26. The van der Waals surface area contributed by atoms with Gasteiger partial charge >= 0.3 is 0 Å². The number of nitrogens with one attached hydrogen (secondary N) is 1. The van der Waals surface area contributed by atoms with Crippen LogP contribution in [-0.2, 0) is 6.54 Å². The van der Waals surface area contributed by atoms with E-state index < -0.39 is 0 Å². The predicted molar refractivity (Wildman–Crippen MR) is 65.7 cm³/mol. The van der Waals surface area contributed by atoms with Crippen LogP contribution in [0.4, 0.5) is 0 Å². The van der Waals surface area contributed by atoms with Gasteiger partial charge in [0.2, 0.25) is 0 Å². The molecule has 80 valence electrons. The van der Waals surface area contributed by atoms with E-state index >= 15 is 0 Å². The lowest BCUT2D eigenvalue weighted by Gasteiger charge is -2.13. The minimum Gasteiger partial charge on any atom is -0.309 e. The fraction of sp³-hybridized carbons (Fsp3) is 0.429. The Bertz CT molecular complexity index is 360. The van der Waals surface area contributed by atoms with Crippen molar-refractivity contribution >= 4 is 0 Å². The monoisotopic (exact) mass is 201 g/mol. The summed E-state index contributed by atoms with van der Waals surface area (Å²) in [5.74, 6) is 2.67. The third-order valence-electron chi connectivity index (χ3n) is 2.78. The Morgan fingerprint density at radius 2 is 2.13 bits per heavy atom. The normalized spacial score (nSPS) is 12.1. The molecule has 0 radical (unpaired) electrons. The van der Waals surface area contributed by atoms with Crippen molar-refractivity contribution in [3.05, 3.63) is 34.9 Å². The summed E-state index contributed by atoms with van der Waals surface area (Å²) in [5.41, 5.74) is 4.08. The molecule has 0 amide bonds. The molecule has 0 aromatic heterocycles. The van der Waals surface area contributed by atoms with Crippen LogP contribution in [0.2, 0.25) is 0 Å². The highest BCUT2D eigenvalue weighted by Gasteiger charge is 2.02. The van der Waals surface area contributed by atoms with Crippen molar-refractivity contribution in [2.24, 2.45) is 0 Å². The molecule has 15 heavy (non-hydrogen) atoms. The summed E-state index contributed by atoms with van der Waals surface area (Å²) in [5, 5.41) is 3.43.